The Labute approximate surface area is 861 Å². The molecule has 0 unspecified atom stereocenters. The fraction of sp³-hybridized carbons (Fsp3) is 0.372. The maximum Gasteiger partial charge on any atom is 0.231 e. The van der Waals surface area contributed by atoms with Crippen molar-refractivity contribution >= 4 is 74.7 Å². The summed E-state index contributed by atoms with van der Waals surface area (Å²) in [4.78, 5) is 56.3. The molecule has 1 aromatic carbocycles. The largest absolute Gasteiger partial charge is 0.393 e. The highest BCUT2D eigenvalue weighted by atomic mass is 35.5. The molecule has 1 aliphatic heterocycles. The minimum atomic E-state index is -0.139. The lowest BCUT2D eigenvalue weighted by molar-refractivity contribution is -0.120. The van der Waals surface area contributed by atoms with Crippen molar-refractivity contribution in [3.05, 3.63) is 41.7 Å². The van der Waals surface area contributed by atoms with E-state index >= 15 is 0 Å². The van der Waals surface area contributed by atoms with E-state index in [1.807, 2.05) is 13.8 Å². The van der Waals surface area contributed by atoms with Crippen LogP contribution >= 0.6 is 11.6 Å². The van der Waals surface area contributed by atoms with Crippen molar-refractivity contribution in [2.45, 2.75) is 238 Å². The van der Waals surface area contributed by atoms with E-state index in [1.54, 1.807) is 19.6 Å². The Balaban J connectivity index is 0.000000303. The first-order valence-electron chi connectivity index (χ1n) is 46.8. The van der Waals surface area contributed by atoms with E-state index in [0.717, 1.165) is 215 Å². The number of nitrogens with one attached hydrogen (secondary N) is 7. The molecule has 0 radical (unpaired) electrons. The number of nitrogens with zero attached hydrogens (tertiary/aromatic N) is 7. The lowest BCUT2D eigenvalue weighted by Gasteiger charge is -2.29. The molecule has 5 heterocycles. The second-order valence-corrected chi connectivity index (χ2v) is 31.0. The van der Waals surface area contributed by atoms with Crippen LogP contribution in [0.2, 0.25) is 5.28 Å². The maximum absolute atomic E-state index is 10.8. The molecule has 0 spiro atoms. The number of amides is 2. The van der Waals surface area contributed by atoms with Crippen molar-refractivity contribution in [1.29, 1.82) is 0 Å². The predicted molar refractivity (Wildman–Crippen MR) is 571 cm³/mol. The fourth-order valence-electron chi connectivity index (χ4n) is 14.0. The number of hydrogen-bond acceptors (Lipinski definition) is 19. The van der Waals surface area contributed by atoms with Crippen molar-refractivity contribution in [2.75, 3.05) is 73.6 Å². The van der Waals surface area contributed by atoms with Crippen LogP contribution in [0.5, 0.6) is 0 Å². The number of nitrogens with two attached hydrogens (primary N) is 1. The molecule has 5 aromatic rings. The van der Waals surface area contributed by atoms with Gasteiger partial charge in [-0.15, -0.1) is 12.8 Å². The molecule has 5 aliphatic carbocycles. The fourth-order valence-corrected chi connectivity index (χ4v) is 14.2. The van der Waals surface area contributed by atoms with Crippen LogP contribution in [0.3, 0.4) is 0 Å². The molecule has 6 fully saturated rings. The molecule has 0 bridgehead atoms. The number of aliphatic hydroxyl groups is 1. The van der Waals surface area contributed by atoms with Gasteiger partial charge in [-0.2, -0.15) is 19.9 Å². The summed E-state index contributed by atoms with van der Waals surface area (Å²) >= 11 is 5.93. The van der Waals surface area contributed by atoms with Crippen LogP contribution in [0.4, 0.5) is 29.0 Å². The van der Waals surface area contributed by atoms with E-state index in [0.29, 0.717) is 71.9 Å². The summed E-state index contributed by atoms with van der Waals surface area (Å²) in [6, 6.07) is 8.33. The van der Waals surface area contributed by atoms with Gasteiger partial charge in [0.25, 0.3) is 0 Å². The molecule has 23 nitrogen and oxygen atoms in total. The number of ether oxygens (including phenoxy) is 5. The molecule has 6 aliphatic rings. The number of carbonyl (C=O) groups is 2. The van der Waals surface area contributed by atoms with Gasteiger partial charge in [0, 0.05) is 332 Å². The van der Waals surface area contributed by atoms with E-state index in [4.69, 9.17) is 64.0 Å². The standard InChI is InChI=1S/C58H2.C24H33N7O2.C13H18ClN5O.C10H19NO2.C8H15NO2.C8H17NO/c1-3-5-7-9-11-13-15-17-19-21-23-25-27-29-31-33-35-37-39-41-43-45-47-49-51-53-55-57-58-56-54-52-50-48-46-44-42-40-38-36-34-32-30-28-26-24-22-20-18-16-14-12-10-8-6-4-2;1-3-33-19-7-4-17(5-8-19)27-23-21-22(26-15-25-21)29-24(30-23)28-20-9-6-18(14-16(20)2)31-10-12-32-13-11-31;1-2-20-9-5-3-8(4-6-9)17-12-10-11(16-7-15-10)18-13(14)19-12;1-3-13-10-6-4-9(5-7-10)11-8(2)12;1-6(10)9-7-2-4-8(11)5-3-7;1-2-10-8-5-3-7(9)4-6-8/h1-2H;6,9,14-15,17,19H,3-5,7-8,10-13H2,1-2H3,(H3,25,26,27,28,29,30);7-9H,2-6H2,1H3,(H2,15,16,17,18,19);9-10H,3-7H2,1-2H3,(H,11,12);7-8,11H,2-5H2,1H3,(H,9,10);7-8H,2-6,9H2,1H3. The normalized spacial score (nSPS) is 16.9. The van der Waals surface area contributed by atoms with E-state index in [9.17, 15) is 9.59 Å². The molecule has 0 atom stereocenters. The summed E-state index contributed by atoms with van der Waals surface area (Å²) in [6.45, 7) is 20.0. The number of terminal acetylenes is 2. The average molecular weight is 1930 g/mol. The highest BCUT2D eigenvalue weighted by Crippen LogP contribution is 2.32. The van der Waals surface area contributed by atoms with E-state index < -0.39 is 0 Å². The molecule has 2 amide bonds. The number of aryl methyl sites for hydroxylation is 1. The first-order chi connectivity index (χ1) is 71.1. The number of rotatable bonds is 17. The summed E-state index contributed by atoms with van der Waals surface area (Å²) < 4.78 is 27.9. The van der Waals surface area contributed by atoms with Gasteiger partial charge in [0.1, 0.15) is 11.0 Å². The van der Waals surface area contributed by atoms with Crippen LogP contribution in [-0.4, -0.2) is 170 Å². The Morgan fingerprint density at radius 3 is 0.966 bits per heavy atom. The van der Waals surface area contributed by atoms with Crippen molar-refractivity contribution in [1.82, 2.24) is 50.5 Å². The zero-order chi connectivity index (χ0) is 104. The van der Waals surface area contributed by atoms with Crippen LogP contribution < -0.4 is 37.2 Å². The molecule has 4 aromatic heterocycles. The average Bonchev–Trinajstić information content (AvgIpc) is 1.30. The number of fused-ring (bicyclic) bond motifs is 2. The van der Waals surface area contributed by atoms with E-state index in [2.05, 4.69) is 437 Å². The summed E-state index contributed by atoms with van der Waals surface area (Å²) in [7, 11) is 0. The van der Waals surface area contributed by atoms with Crippen LogP contribution in [0.15, 0.2) is 30.9 Å². The topological polar surface area (TPSA) is 299 Å². The molecular weight excluding hydrogens is 1830 g/mol. The Bertz CT molecular complexity index is 7070. The summed E-state index contributed by atoms with van der Waals surface area (Å²) in [5, 5.41) is 25.7. The summed E-state index contributed by atoms with van der Waals surface area (Å²) in [6.07, 6.45) is 35.7. The number of imidazole rings is 2. The summed E-state index contributed by atoms with van der Waals surface area (Å²) in [5.74, 6) is 140. The van der Waals surface area contributed by atoms with Gasteiger partial charge in [-0.25, -0.2) is 9.97 Å². The molecule has 1 saturated heterocycles. The Morgan fingerprint density at radius 1 is 0.400 bits per heavy atom. The van der Waals surface area contributed by atoms with Gasteiger partial charge in [0.2, 0.25) is 23.0 Å². The highest BCUT2D eigenvalue weighted by Gasteiger charge is 2.27. The third-order valence-corrected chi connectivity index (χ3v) is 20.5. The molecule has 24 heteroatoms. The molecule has 11 rings (SSSR count). The molecule has 718 valence electrons. The van der Waals surface area contributed by atoms with Gasteiger partial charge in [-0.3, -0.25) is 9.59 Å². The van der Waals surface area contributed by atoms with Crippen molar-refractivity contribution in [2.24, 2.45) is 5.73 Å². The SMILES string of the molecule is C#CC#CC#CC#CC#CC#CC#CC#CC#CC#CC#CC#CC#CC#CC#CC#CC#CC#CC#CC#CC#CC#CC#CC#CC#CC#CC#CC#CC#C.CC(=O)NC1CCC(O)CC1.CCOC1CCC(N)CC1.CCOC1CCC(NC(C)=O)CC1.CCOC1CCC(Nc2nc(Cl)nc3nc[nH]c23)CC1.CCOC1CCC(Nc2nc(Nc3ccc(N4CCOCC4)cc3C)nc3nc[nH]c23)CC1. The van der Waals surface area contributed by atoms with Gasteiger partial charge in [0.05, 0.1) is 56.4 Å². The lowest BCUT2D eigenvalue weighted by Crippen LogP contribution is -2.37. The lowest BCUT2D eigenvalue weighted by atomic mass is 9.93. The molecule has 145 heavy (non-hydrogen) atoms. The van der Waals surface area contributed by atoms with Crippen molar-refractivity contribution in [3.8, 4) is 344 Å². The number of morpholine rings is 1. The Kier molecular flexibility index (Phi) is 60.3. The van der Waals surface area contributed by atoms with Crippen LogP contribution in [0, 0.1) is 351 Å². The monoisotopic (exact) mass is 1930 g/mol. The van der Waals surface area contributed by atoms with Crippen molar-refractivity contribution in [3.63, 3.8) is 0 Å². The molecule has 10 N–H and O–H groups in total. The third-order valence-electron chi connectivity index (χ3n) is 20.4. The first kappa shape index (κ1) is 115. The number of carbonyl (C=O) groups excluding carboxylic acids is 2. The van der Waals surface area contributed by atoms with E-state index in [1.165, 1.54) is 12.6 Å². The minimum absolute atomic E-state index is 0.0337. The third kappa shape index (κ3) is 54.6. The minimum Gasteiger partial charge on any atom is -0.393 e. The van der Waals surface area contributed by atoms with Gasteiger partial charge in [-0.05, 0) is 293 Å². The number of halogens is 1. The zero-order valence-corrected chi connectivity index (χ0v) is 82.8. The van der Waals surface area contributed by atoms with Crippen LogP contribution in [-0.2, 0) is 33.3 Å². The number of hydrogen-bond donors (Lipinski definition) is 9. The number of anilines is 5. The van der Waals surface area contributed by atoms with Crippen LogP contribution in [0.1, 0.15) is 176 Å². The van der Waals surface area contributed by atoms with Crippen molar-refractivity contribution < 1.29 is 38.4 Å². The first-order valence-corrected chi connectivity index (χ1v) is 47.1. The number of benzene rings is 1. The second-order valence-electron chi connectivity index (χ2n) is 30.7. The zero-order valence-electron chi connectivity index (χ0n) is 82.0. The van der Waals surface area contributed by atoms with Gasteiger partial charge in [0.15, 0.2) is 22.9 Å². The number of aliphatic hydroxyl groups excluding tert-OH is 1. The Morgan fingerprint density at radius 2 is 0.676 bits per heavy atom. The quantitative estimate of drug-likeness (QED) is 0.0309. The number of aromatic amines is 2. The Hall–Kier alpha value is -18.3. The molecule has 5 saturated carbocycles. The summed E-state index contributed by atoms with van der Waals surface area (Å²) in [5.41, 5.74) is 12.0. The van der Waals surface area contributed by atoms with Gasteiger partial charge in [-0.1, -0.05) is 0 Å². The van der Waals surface area contributed by atoms with Crippen LogP contribution in [0.25, 0.3) is 22.3 Å². The smallest absolute Gasteiger partial charge is 0.231 e. The maximum atomic E-state index is 10.8. The number of H-pyrrole nitrogens is 2. The van der Waals surface area contributed by atoms with Gasteiger partial charge < -0.3 is 76.0 Å². The predicted octanol–water partition coefficient (Wildman–Crippen LogP) is 10.3. The van der Waals surface area contributed by atoms with Gasteiger partial charge >= 0.3 is 0 Å². The molecular formula is C121H104ClN15O8. The second kappa shape index (κ2) is 75.7. The highest BCUT2D eigenvalue weighted by molar-refractivity contribution is 6.28. The van der Waals surface area contributed by atoms with E-state index in [-0.39, 0.29) is 23.2 Å². The number of aromatic nitrogens is 8.